The molecule has 0 spiro atoms. The number of esters is 1. The van der Waals surface area contributed by atoms with Crippen molar-refractivity contribution in [3.8, 4) is 6.07 Å². The fourth-order valence-electron chi connectivity index (χ4n) is 3.97. The van der Waals surface area contributed by atoms with E-state index in [4.69, 9.17) is 14.4 Å². The minimum atomic E-state index is -0.327. The van der Waals surface area contributed by atoms with E-state index in [0.29, 0.717) is 35.6 Å². The normalized spacial score (nSPS) is 15.0. The summed E-state index contributed by atoms with van der Waals surface area (Å²) in [5.74, 6) is 0.341. The van der Waals surface area contributed by atoms with Gasteiger partial charge in [-0.05, 0) is 43.7 Å². The Morgan fingerprint density at radius 2 is 1.90 bits per heavy atom. The summed E-state index contributed by atoms with van der Waals surface area (Å²) < 4.78 is 11.4. The van der Waals surface area contributed by atoms with Gasteiger partial charge in [0.2, 0.25) is 0 Å². The largest absolute Gasteiger partial charge is 0.462 e. The number of fused-ring (bicyclic) bond motifs is 1. The first-order valence-electron chi connectivity index (χ1n) is 10.3. The molecule has 4 rings (SSSR count). The lowest BCUT2D eigenvalue weighted by Crippen LogP contribution is -2.30. The predicted octanol–water partition coefficient (Wildman–Crippen LogP) is 4.19. The van der Waals surface area contributed by atoms with E-state index in [9.17, 15) is 4.79 Å². The number of nitriles is 1. The van der Waals surface area contributed by atoms with E-state index >= 15 is 0 Å². The molecule has 3 aromatic rings. The molecular weight excluding hydrogens is 378 g/mol. The Labute approximate surface area is 176 Å². The zero-order valence-corrected chi connectivity index (χ0v) is 17.1. The molecule has 154 valence electrons. The molecule has 0 unspecified atom stereocenters. The number of anilines is 1. The van der Waals surface area contributed by atoms with Crippen molar-refractivity contribution in [1.29, 1.82) is 5.26 Å². The third kappa shape index (κ3) is 4.17. The molecule has 1 saturated heterocycles. The Morgan fingerprint density at radius 1 is 1.10 bits per heavy atom. The number of ether oxygens (including phenoxy) is 1. The number of hydrogen-bond acceptors (Lipinski definition) is 6. The second-order valence-corrected chi connectivity index (χ2v) is 7.39. The molecule has 2 aromatic carbocycles. The Morgan fingerprint density at radius 3 is 2.67 bits per heavy atom. The standard InChI is InChI=1S/C24H25N3O3/c1-2-29-24(28)23-20-6-3-4-7-21(20)30-22(23)17-26-12-5-13-27(15-14-26)19-10-8-18(16-25)9-11-19/h3-4,6-11H,2,5,12-15,17H2,1H3. The maximum absolute atomic E-state index is 12.6. The summed E-state index contributed by atoms with van der Waals surface area (Å²) in [6.07, 6.45) is 1.01. The summed E-state index contributed by atoms with van der Waals surface area (Å²) in [6, 6.07) is 17.5. The van der Waals surface area contributed by atoms with Gasteiger partial charge < -0.3 is 14.1 Å². The molecule has 1 aliphatic rings. The molecule has 0 radical (unpaired) electrons. The lowest BCUT2D eigenvalue weighted by atomic mass is 10.1. The Hall–Kier alpha value is -3.30. The van der Waals surface area contributed by atoms with E-state index in [1.165, 1.54) is 0 Å². The average molecular weight is 403 g/mol. The lowest BCUT2D eigenvalue weighted by molar-refractivity contribution is 0.0524. The number of rotatable bonds is 5. The van der Waals surface area contributed by atoms with Gasteiger partial charge in [-0.3, -0.25) is 4.90 Å². The third-order valence-corrected chi connectivity index (χ3v) is 5.47. The van der Waals surface area contributed by atoms with Crippen LogP contribution in [0, 0.1) is 11.3 Å². The van der Waals surface area contributed by atoms with Crippen molar-refractivity contribution in [2.45, 2.75) is 19.9 Å². The predicted molar refractivity (Wildman–Crippen MR) is 115 cm³/mol. The molecule has 0 atom stereocenters. The molecule has 6 heteroatoms. The summed E-state index contributed by atoms with van der Waals surface area (Å²) >= 11 is 0. The highest BCUT2D eigenvalue weighted by Gasteiger charge is 2.24. The first-order valence-corrected chi connectivity index (χ1v) is 10.3. The molecule has 2 heterocycles. The fraction of sp³-hybridized carbons (Fsp3) is 0.333. The number of para-hydroxylation sites is 1. The van der Waals surface area contributed by atoms with E-state index in [0.717, 1.165) is 43.7 Å². The van der Waals surface area contributed by atoms with E-state index in [1.54, 1.807) is 0 Å². The van der Waals surface area contributed by atoms with Crippen LogP contribution in [0.5, 0.6) is 0 Å². The fourth-order valence-corrected chi connectivity index (χ4v) is 3.97. The summed E-state index contributed by atoms with van der Waals surface area (Å²) in [5, 5.41) is 9.80. The van der Waals surface area contributed by atoms with Crippen molar-refractivity contribution in [3.63, 3.8) is 0 Å². The minimum absolute atomic E-state index is 0.327. The number of carbonyl (C=O) groups is 1. The van der Waals surface area contributed by atoms with Crippen LogP contribution in [-0.4, -0.2) is 43.7 Å². The van der Waals surface area contributed by atoms with Gasteiger partial charge in [0.05, 0.1) is 24.8 Å². The van der Waals surface area contributed by atoms with Crippen molar-refractivity contribution < 1.29 is 13.9 Å². The van der Waals surface area contributed by atoms with Crippen molar-refractivity contribution in [2.24, 2.45) is 0 Å². The number of benzene rings is 2. The Kier molecular flexibility index (Phi) is 6.01. The topological polar surface area (TPSA) is 69.7 Å². The van der Waals surface area contributed by atoms with Gasteiger partial charge in [0, 0.05) is 37.3 Å². The second kappa shape index (κ2) is 9.02. The van der Waals surface area contributed by atoms with E-state index in [2.05, 4.69) is 15.9 Å². The first kappa shape index (κ1) is 20.0. The van der Waals surface area contributed by atoms with Crippen LogP contribution in [0.1, 0.15) is 35.0 Å². The van der Waals surface area contributed by atoms with Crippen LogP contribution in [0.2, 0.25) is 0 Å². The molecule has 1 fully saturated rings. The van der Waals surface area contributed by atoms with Crippen molar-refractivity contribution in [2.75, 3.05) is 37.7 Å². The molecule has 1 aromatic heterocycles. The molecular formula is C24H25N3O3. The maximum atomic E-state index is 12.6. The molecule has 0 saturated carbocycles. The average Bonchev–Trinajstić information content (AvgIpc) is 2.97. The molecule has 0 bridgehead atoms. The quantitative estimate of drug-likeness (QED) is 0.595. The van der Waals surface area contributed by atoms with Crippen molar-refractivity contribution in [1.82, 2.24) is 4.90 Å². The number of nitrogens with zero attached hydrogens (tertiary/aromatic N) is 3. The van der Waals surface area contributed by atoms with Crippen LogP contribution in [-0.2, 0) is 11.3 Å². The summed E-state index contributed by atoms with van der Waals surface area (Å²) in [5.41, 5.74) is 3.06. The molecule has 0 aliphatic carbocycles. The van der Waals surface area contributed by atoms with E-state index in [1.807, 2.05) is 55.5 Å². The van der Waals surface area contributed by atoms with Gasteiger partial charge >= 0.3 is 5.97 Å². The number of furan rings is 1. The van der Waals surface area contributed by atoms with Gasteiger partial charge in [-0.25, -0.2) is 4.79 Å². The number of carbonyl (C=O) groups excluding carboxylic acids is 1. The van der Waals surface area contributed by atoms with Gasteiger partial charge in [0.1, 0.15) is 16.9 Å². The van der Waals surface area contributed by atoms with E-state index < -0.39 is 0 Å². The van der Waals surface area contributed by atoms with Gasteiger partial charge in [-0.1, -0.05) is 18.2 Å². The van der Waals surface area contributed by atoms with Gasteiger partial charge in [0.15, 0.2) is 0 Å². The van der Waals surface area contributed by atoms with Crippen LogP contribution >= 0.6 is 0 Å². The SMILES string of the molecule is CCOC(=O)c1c(CN2CCCN(c3ccc(C#N)cc3)CC2)oc2ccccc12. The molecule has 1 aliphatic heterocycles. The summed E-state index contributed by atoms with van der Waals surface area (Å²) in [4.78, 5) is 17.3. The smallest absolute Gasteiger partial charge is 0.342 e. The molecule has 30 heavy (non-hydrogen) atoms. The lowest BCUT2D eigenvalue weighted by Gasteiger charge is -2.23. The Balaban J connectivity index is 1.51. The highest BCUT2D eigenvalue weighted by molar-refractivity contribution is 6.04. The van der Waals surface area contributed by atoms with Crippen molar-refractivity contribution >= 4 is 22.6 Å². The number of hydrogen-bond donors (Lipinski definition) is 0. The zero-order chi connectivity index (χ0) is 20.9. The zero-order valence-electron chi connectivity index (χ0n) is 17.1. The summed E-state index contributed by atoms with van der Waals surface area (Å²) in [6.45, 7) is 6.33. The highest BCUT2D eigenvalue weighted by atomic mass is 16.5. The molecule has 0 amide bonds. The Bertz CT molecular complexity index is 1070. The van der Waals surface area contributed by atoms with Gasteiger partial charge in [-0.15, -0.1) is 0 Å². The summed E-state index contributed by atoms with van der Waals surface area (Å²) in [7, 11) is 0. The van der Waals surface area contributed by atoms with E-state index in [-0.39, 0.29) is 5.97 Å². The van der Waals surface area contributed by atoms with Crippen molar-refractivity contribution in [3.05, 3.63) is 65.4 Å². The molecule has 0 N–H and O–H groups in total. The highest BCUT2D eigenvalue weighted by Crippen LogP contribution is 2.28. The van der Waals surface area contributed by atoms with Crippen LogP contribution < -0.4 is 4.90 Å². The first-order chi connectivity index (χ1) is 14.7. The minimum Gasteiger partial charge on any atom is -0.462 e. The van der Waals surface area contributed by atoms with Crippen LogP contribution in [0.15, 0.2) is 52.9 Å². The third-order valence-electron chi connectivity index (χ3n) is 5.47. The van der Waals surface area contributed by atoms with Crippen LogP contribution in [0.4, 0.5) is 5.69 Å². The van der Waals surface area contributed by atoms with Gasteiger partial charge in [0.25, 0.3) is 0 Å². The van der Waals surface area contributed by atoms with Gasteiger partial charge in [-0.2, -0.15) is 5.26 Å². The molecule has 6 nitrogen and oxygen atoms in total. The second-order valence-electron chi connectivity index (χ2n) is 7.39. The maximum Gasteiger partial charge on any atom is 0.342 e. The monoisotopic (exact) mass is 403 g/mol. The van der Waals surface area contributed by atoms with Crippen LogP contribution in [0.25, 0.3) is 11.0 Å². The van der Waals surface area contributed by atoms with Crippen LogP contribution in [0.3, 0.4) is 0 Å².